The molecule has 0 bridgehead atoms. The van der Waals surface area contributed by atoms with E-state index >= 15 is 0 Å². The van der Waals surface area contributed by atoms with Crippen molar-refractivity contribution in [2.45, 2.75) is 13.8 Å². The Balaban J connectivity index is 1.85. The quantitative estimate of drug-likeness (QED) is 0.557. The van der Waals surface area contributed by atoms with Crippen molar-refractivity contribution in [2.24, 2.45) is 0 Å². The molecule has 168 valence electrons. The molecule has 3 aromatic rings. The zero-order valence-electron chi connectivity index (χ0n) is 18.7. The standard InChI is InChI=1S/C26H23F2N3O2/c1-15-8-10-20(16(2)12-15)23-24(29-17-9-11-21(27)22(28)13-17)26(33)31(25(23)32)19-7-5-6-18(14-19)30(3)4/h5-14,29H,1-4H3. The highest BCUT2D eigenvalue weighted by Gasteiger charge is 2.41. The number of nitrogens with zero attached hydrogens (tertiary/aromatic N) is 2. The van der Waals surface area contributed by atoms with Crippen molar-refractivity contribution in [3.8, 4) is 0 Å². The van der Waals surface area contributed by atoms with E-state index in [1.165, 1.54) is 6.07 Å². The third-order valence-corrected chi connectivity index (χ3v) is 5.53. The lowest BCUT2D eigenvalue weighted by Gasteiger charge is -2.19. The zero-order chi connectivity index (χ0) is 23.9. The van der Waals surface area contributed by atoms with Gasteiger partial charge in [-0.25, -0.2) is 13.7 Å². The van der Waals surface area contributed by atoms with Crippen LogP contribution in [0.15, 0.2) is 66.4 Å². The predicted octanol–water partition coefficient (Wildman–Crippen LogP) is 5.04. The number of imide groups is 1. The van der Waals surface area contributed by atoms with E-state index in [-0.39, 0.29) is 17.0 Å². The first kappa shape index (κ1) is 22.2. The van der Waals surface area contributed by atoms with Crippen molar-refractivity contribution in [1.82, 2.24) is 0 Å². The number of rotatable bonds is 5. The number of amides is 2. The monoisotopic (exact) mass is 447 g/mol. The average Bonchev–Trinajstić information content (AvgIpc) is 3.00. The number of anilines is 3. The molecule has 5 nitrogen and oxygen atoms in total. The molecule has 0 spiro atoms. The fourth-order valence-corrected chi connectivity index (χ4v) is 3.85. The van der Waals surface area contributed by atoms with Crippen LogP contribution < -0.4 is 15.1 Å². The van der Waals surface area contributed by atoms with Gasteiger partial charge in [-0.15, -0.1) is 0 Å². The molecule has 1 N–H and O–H groups in total. The van der Waals surface area contributed by atoms with Crippen LogP contribution >= 0.6 is 0 Å². The molecule has 0 aliphatic carbocycles. The average molecular weight is 447 g/mol. The highest BCUT2D eigenvalue weighted by atomic mass is 19.2. The minimum atomic E-state index is -1.05. The lowest BCUT2D eigenvalue weighted by Crippen LogP contribution is -2.32. The van der Waals surface area contributed by atoms with Crippen LogP contribution in [0, 0.1) is 25.5 Å². The maximum Gasteiger partial charge on any atom is 0.282 e. The van der Waals surface area contributed by atoms with Crippen LogP contribution in [0.5, 0.6) is 0 Å². The summed E-state index contributed by atoms with van der Waals surface area (Å²) in [5, 5.41) is 2.87. The van der Waals surface area contributed by atoms with Crippen molar-refractivity contribution in [3.63, 3.8) is 0 Å². The minimum absolute atomic E-state index is 0.00761. The molecule has 0 fully saturated rings. The number of carbonyl (C=O) groups is 2. The van der Waals surface area contributed by atoms with E-state index in [1.807, 2.05) is 51.0 Å². The van der Waals surface area contributed by atoms with E-state index in [4.69, 9.17) is 0 Å². The van der Waals surface area contributed by atoms with Crippen LogP contribution in [0.3, 0.4) is 0 Å². The predicted molar refractivity (Wildman–Crippen MR) is 126 cm³/mol. The molecule has 1 heterocycles. The second-order valence-corrected chi connectivity index (χ2v) is 8.18. The molecular formula is C26H23F2N3O2. The first-order chi connectivity index (χ1) is 15.7. The Morgan fingerprint density at radius 3 is 2.27 bits per heavy atom. The van der Waals surface area contributed by atoms with Gasteiger partial charge in [0, 0.05) is 31.5 Å². The molecule has 0 atom stereocenters. The number of carbonyl (C=O) groups excluding carboxylic acids is 2. The summed E-state index contributed by atoms with van der Waals surface area (Å²) in [7, 11) is 3.73. The zero-order valence-corrected chi connectivity index (χ0v) is 18.7. The van der Waals surface area contributed by atoms with E-state index in [0.29, 0.717) is 11.3 Å². The Morgan fingerprint density at radius 1 is 0.848 bits per heavy atom. The minimum Gasteiger partial charge on any atom is -0.378 e. The molecule has 0 saturated carbocycles. The van der Waals surface area contributed by atoms with Gasteiger partial charge in [-0.05, 0) is 55.3 Å². The van der Waals surface area contributed by atoms with E-state index in [0.717, 1.165) is 33.8 Å². The molecule has 0 unspecified atom stereocenters. The van der Waals surface area contributed by atoms with Gasteiger partial charge in [0.2, 0.25) is 0 Å². The number of halogens is 2. The van der Waals surface area contributed by atoms with Crippen molar-refractivity contribution in [1.29, 1.82) is 0 Å². The first-order valence-corrected chi connectivity index (χ1v) is 10.4. The summed E-state index contributed by atoms with van der Waals surface area (Å²) in [5.41, 5.74) is 4.01. The van der Waals surface area contributed by atoms with Crippen LogP contribution in [0.1, 0.15) is 16.7 Å². The van der Waals surface area contributed by atoms with Gasteiger partial charge >= 0.3 is 0 Å². The van der Waals surface area contributed by atoms with Gasteiger partial charge in [0.05, 0.1) is 11.3 Å². The first-order valence-electron chi connectivity index (χ1n) is 10.4. The van der Waals surface area contributed by atoms with Gasteiger partial charge in [0.1, 0.15) is 5.70 Å². The van der Waals surface area contributed by atoms with Crippen LogP contribution in [0.4, 0.5) is 25.8 Å². The molecule has 33 heavy (non-hydrogen) atoms. The van der Waals surface area contributed by atoms with E-state index in [2.05, 4.69) is 5.32 Å². The molecule has 7 heteroatoms. The molecule has 2 amide bonds. The van der Waals surface area contributed by atoms with Gasteiger partial charge in [0.15, 0.2) is 11.6 Å². The van der Waals surface area contributed by atoms with Crippen LogP contribution in [-0.4, -0.2) is 25.9 Å². The fourth-order valence-electron chi connectivity index (χ4n) is 3.85. The number of hydrogen-bond donors (Lipinski definition) is 1. The Kier molecular flexibility index (Phi) is 5.72. The SMILES string of the molecule is Cc1ccc(C2=C(Nc3ccc(F)c(F)c3)C(=O)N(c3cccc(N(C)C)c3)C2=O)c(C)c1. The fraction of sp³-hybridized carbons (Fsp3) is 0.154. The maximum absolute atomic E-state index is 13.8. The summed E-state index contributed by atoms with van der Waals surface area (Å²) < 4.78 is 27.2. The summed E-state index contributed by atoms with van der Waals surface area (Å²) in [6.07, 6.45) is 0. The number of hydrogen-bond acceptors (Lipinski definition) is 4. The van der Waals surface area contributed by atoms with E-state index in [9.17, 15) is 18.4 Å². The molecule has 3 aromatic carbocycles. The largest absolute Gasteiger partial charge is 0.378 e. The number of nitrogens with one attached hydrogen (secondary N) is 1. The van der Waals surface area contributed by atoms with Crippen LogP contribution in [-0.2, 0) is 9.59 Å². The Bertz CT molecular complexity index is 1310. The lowest BCUT2D eigenvalue weighted by atomic mass is 9.97. The summed E-state index contributed by atoms with van der Waals surface area (Å²) in [6, 6.07) is 15.9. The summed E-state index contributed by atoms with van der Waals surface area (Å²) in [4.78, 5) is 30.1. The molecule has 4 rings (SSSR count). The van der Waals surface area contributed by atoms with Crippen LogP contribution in [0.2, 0.25) is 0 Å². The van der Waals surface area contributed by atoms with E-state index in [1.54, 1.807) is 24.3 Å². The molecule has 0 aromatic heterocycles. The Hall–Kier alpha value is -4.00. The molecule has 1 aliphatic heterocycles. The molecule has 0 radical (unpaired) electrons. The van der Waals surface area contributed by atoms with Gasteiger partial charge in [-0.2, -0.15) is 0 Å². The number of aryl methyl sites for hydroxylation is 2. The van der Waals surface area contributed by atoms with Gasteiger partial charge in [-0.1, -0.05) is 29.8 Å². The highest BCUT2D eigenvalue weighted by Crippen LogP contribution is 2.36. The Labute approximate surface area is 190 Å². The Morgan fingerprint density at radius 2 is 1.61 bits per heavy atom. The van der Waals surface area contributed by atoms with Crippen molar-refractivity contribution in [2.75, 3.05) is 29.2 Å². The molecule has 1 aliphatic rings. The third-order valence-electron chi connectivity index (χ3n) is 5.53. The van der Waals surface area contributed by atoms with Crippen molar-refractivity contribution >= 4 is 34.4 Å². The second kappa shape index (κ2) is 8.50. The third kappa shape index (κ3) is 4.09. The smallest absolute Gasteiger partial charge is 0.282 e. The van der Waals surface area contributed by atoms with Gasteiger partial charge < -0.3 is 10.2 Å². The number of benzene rings is 3. The summed E-state index contributed by atoms with van der Waals surface area (Å²) in [6.45, 7) is 3.80. The van der Waals surface area contributed by atoms with E-state index < -0.39 is 23.4 Å². The van der Waals surface area contributed by atoms with Crippen molar-refractivity contribution < 1.29 is 18.4 Å². The topological polar surface area (TPSA) is 52.7 Å². The highest BCUT2D eigenvalue weighted by molar-refractivity contribution is 6.46. The molecular weight excluding hydrogens is 424 g/mol. The van der Waals surface area contributed by atoms with Crippen molar-refractivity contribution in [3.05, 3.63) is 94.7 Å². The summed E-state index contributed by atoms with van der Waals surface area (Å²) in [5.74, 6) is -3.12. The summed E-state index contributed by atoms with van der Waals surface area (Å²) >= 11 is 0. The van der Waals surface area contributed by atoms with Gasteiger partial charge in [0.25, 0.3) is 11.8 Å². The second-order valence-electron chi connectivity index (χ2n) is 8.18. The molecule has 0 saturated heterocycles. The lowest BCUT2D eigenvalue weighted by molar-refractivity contribution is -0.120. The maximum atomic E-state index is 13.8. The van der Waals surface area contributed by atoms with Crippen LogP contribution in [0.25, 0.3) is 5.57 Å². The van der Waals surface area contributed by atoms with Gasteiger partial charge in [-0.3, -0.25) is 9.59 Å². The normalized spacial score (nSPS) is 13.7.